The number of fused-ring (bicyclic) bond motifs is 5. The van der Waals surface area contributed by atoms with Gasteiger partial charge in [-0.3, -0.25) is 14.4 Å². The average molecular weight is 392 g/mol. The first-order valence-corrected chi connectivity index (χ1v) is 9.71. The van der Waals surface area contributed by atoms with Gasteiger partial charge >= 0.3 is 0 Å². The number of benzene rings is 1. The van der Waals surface area contributed by atoms with Gasteiger partial charge in [0, 0.05) is 42.8 Å². The van der Waals surface area contributed by atoms with E-state index in [0.717, 1.165) is 12.1 Å². The molecule has 7 heteroatoms. The first-order valence-electron chi connectivity index (χ1n) is 9.71. The number of aliphatic hydroxyl groups excluding tert-OH is 1. The van der Waals surface area contributed by atoms with Crippen LogP contribution in [0.2, 0.25) is 0 Å². The summed E-state index contributed by atoms with van der Waals surface area (Å²) in [7, 11) is 0. The van der Waals surface area contributed by atoms with Gasteiger partial charge in [0.15, 0.2) is 11.2 Å². The minimum absolute atomic E-state index is 0.00146. The first-order chi connectivity index (χ1) is 14.1. The van der Waals surface area contributed by atoms with E-state index < -0.39 is 0 Å². The molecule has 2 aromatic heterocycles. The third-order valence-electron chi connectivity index (χ3n) is 6.12. The topological polar surface area (TPSA) is 92.8 Å². The van der Waals surface area contributed by atoms with Crippen molar-refractivity contribution in [2.75, 3.05) is 19.7 Å². The molecular formula is C22H20N2O5. The molecule has 2 bridgehead atoms. The van der Waals surface area contributed by atoms with Crippen LogP contribution < -0.4 is 11.0 Å². The third-order valence-corrected chi connectivity index (χ3v) is 6.12. The van der Waals surface area contributed by atoms with Gasteiger partial charge in [-0.25, -0.2) is 0 Å². The maximum Gasteiger partial charge on any atom is 0.289 e. The zero-order valence-corrected chi connectivity index (χ0v) is 15.7. The predicted molar refractivity (Wildman–Crippen MR) is 106 cm³/mol. The Bertz CT molecular complexity index is 1230. The van der Waals surface area contributed by atoms with Crippen LogP contribution >= 0.6 is 0 Å². The van der Waals surface area contributed by atoms with E-state index in [1.54, 1.807) is 39.8 Å². The molecule has 0 saturated carbocycles. The quantitative estimate of drug-likeness (QED) is 0.717. The number of hydrogen-bond donors (Lipinski definition) is 1. The van der Waals surface area contributed by atoms with Gasteiger partial charge in [0.25, 0.3) is 11.5 Å². The lowest BCUT2D eigenvalue weighted by Crippen LogP contribution is -2.51. The van der Waals surface area contributed by atoms with Crippen molar-refractivity contribution in [3.05, 3.63) is 80.6 Å². The molecule has 5 rings (SSSR count). The van der Waals surface area contributed by atoms with Gasteiger partial charge in [-0.1, -0.05) is 18.2 Å². The van der Waals surface area contributed by atoms with E-state index in [4.69, 9.17) is 4.42 Å². The van der Waals surface area contributed by atoms with E-state index in [2.05, 4.69) is 0 Å². The Balaban J connectivity index is 1.52. The lowest BCUT2D eigenvalue weighted by Gasteiger charge is -2.46. The van der Waals surface area contributed by atoms with Crippen LogP contribution in [0.25, 0.3) is 11.0 Å². The van der Waals surface area contributed by atoms with Crippen LogP contribution in [0.3, 0.4) is 0 Å². The second-order valence-corrected chi connectivity index (χ2v) is 7.78. The van der Waals surface area contributed by atoms with Crippen LogP contribution in [0.15, 0.2) is 62.5 Å². The van der Waals surface area contributed by atoms with Crippen LogP contribution in [-0.4, -0.2) is 40.2 Å². The number of aliphatic hydroxyl groups is 1. The van der Waals surface area contributed by atoms with Crippen molar-refractivity contribution in [1.29, 1.82) is 0 Å². The maximum absolute atomic E-state index is 13.2. The fourth-order valence-corrected chi connectivity index (χ4v) is 4.81. The zero-order chi connectivity index (χ0) is 20.1. The Morgan fingerprint density at radius 1 is 1.10 bits per heavy atom. The summed E-state index contributed by atoms with van der Waals surface area (Å²) < 4.78 is 7.40. The summed E-state index contributed by atoms with van der Waals surface area (Å²) in [5, 5.41) is 10.4. The molecule has 3 atom stereocenters. The summed E-state index contributed by atoms with van der Waals surface area (Å²) >= 11 is 0. The van der Waals surface area contributed by atoms with Crippen LogP contribution in [0.4, 0.5) is 0 Å². The third kappa shape index (κ3) is 2.81. The number of amides is 1. The largest absolute Gasteiger partial charge is 0.451 e. The second kappa shape index (κ2) is 6.70. The number of pyridine rings is 1. The van der Waals surface area contributed by atoms with Gasteiger partial charge in [-0.05, 0) is 24.6 Å². The van der Waals surface area contributed by atoms with Gasteiger partial charge in [-0.2, -0.15) is 0 Å². The molecule has 2 aliphatic rings. The number of para-hydroxylation sites is 1. The molecular weight excluding hydrogens is 372 g/mol. The van der Waals surface area contributed by atoms with Crippen molar-refractivity contribution >= 4 is 16.9 Å². The molecule has 7 nitrogen and oxygen atoms in total. The van der Waals surface area contributed by atoms with Crippen molar-refractivity contribution in [3.63, 3.8) is 0 Å². The van der Waals surface area contributed by atoms with E-state index in [1.807, 2.05) is 6.07 Å². The minimum Gasteiger partial charge on any atom is -0.451 e. The normalized spacial score (nSPS) is 23.1. The lowest BCUT2D eigenvalue weighted by molar-refractivity contribution is 0.0414. The number of rotatable bonds is 2. The van der Waals surface area contributed by atoms with Crippen LogP contribution in [0.5, 0.6) is 0 Å². The van der Waals surface area contributed by atoms with E-state index in [1.165, 1.54) is 12.1 Å². The Kier molecular flexibility index (Phi) is 4.13. The molecule has 0 aliphatic carbocycles. The van der Waals surface area contributed by atoms with Gasteiger partial charge in [0.2, 0.25) is 0 Å². The molecule has 148 valence electrons. The fraction of sp³-hybridized carbons (Fsp3) is 0.318. The van der Waals surface area contributed by atoms with E-state index in [9.17, 15) is 19.5 Å². The molecule has 3 aromatic rings. The van der Waals surface area contributed by atoms with Crippen LogP contribution in [0.1, 0.15) is 34.6 Å². The monoisotopic (exact) mass is 392 g/mol. The predicted octanol–water partition coefficient (Wildman–Crippen LogP) is 1.75. The van der Waals surface area contributed by atoms with Gasteiger partial charge in [-0.15, -0.1) is 0 Å². The molecule has 29 heavy (non-hydrogen) atoms. The number of carbonyl (C=O) groups is 1. The lowest BCUT2D eigenvalue weighted by atomic mass is 9.78. The molecule has 1 fully saturated rings. The summed E-state index contributed by atoms with van der Waals surface area (Å²) in [5.41, 5.74) is 0.838. The smallest absolute Gasteiger partial charge is 0.289 e. The number of piperidine rings is 1. The number of carbonyl (C=O) groups excluding carboxylic acids is 1. The maximum atomic E-state index is 13.2. The Morgan fingerprint density at radius 3 is 2.76 bits per heavy atom. The number of likely N-dealkylation sites (tertiary alicyclic amines) is 1. The summed E-state index contributed by atoms with van der Waals surface area (Å²) in [6, 6.07) is 12.8. The summed E-state index contributed by atoms with van der Waals surface area (Å²) in [4.78, 5) is 39.6. The number of aromatic nitrogens is 1. The SMILES string of the molecule is O=C(c1cc(=O)c2ccccc2o1)N1C[C@H]2C[C@@H](C1)[C@H](CO)n1c2cccc1=O. The number of nitrogens with zero attached hydrogens (tertiary/aromatic N) is 2. The molecule has 2 aliphatic heterocycles. The standard InChI is InChI=1S/C22H20N2O5/c25-12-17-14-8-13(16-5-3-7-21(27)24(16)17)10-23(11-14)22(28)20-9-18(26)15-4-1-2-6-19(15)29-20/h1-7,9,13-14,17,25H,8,10-12H2/t13-,14+,17+/m1/s1. The highest BCUT2D eigenvalue weighted by Crippen LogP contribution is 2.41. The molecule has 0 radical (unpaired) electrons. The van der Waals surface area contributed by atoms with E-state index in [0.29, 0.717) is 24.1 Å². The van der Waals surface area contributed by atoms with Crippen molar-refractivity contribution in [1.82, 2.24) is 9.47 Å². The molecule has 1 amide bonds. The summed E-state index contributed by atoms with van der Waals surface area (Å²) in [6.45, 7) is 0.673. The van der Waals surface area contributed by atoms with Crippen molar-refractivity contribution in [2.45, 2.75) is 18.4 Å². The average Bonchev–Trinajstić information content (AvgIpc) is 2.74. The van der Waals surface area contributed by atoms with Crippen molar-refractivity contribution in [3.8, 4) is 0 Å². The number of hydrogen-bond acceptors (Lipinski definition) is 5. The highest BCUT2D eigenvalue weighted by atomic mass is 16.3. The molecule has 1 saturated heterocycles. The Labute approximate surface area is 165 Å². The van der Waals surface area contributed by atoms with Crippen molar-refractivity contribution < 1.29 is 14.3 Å². The van der Waals surface area contributed by atoms with Gasteiger partial charge in [0.05, 0.1) is 18.0 Å². The molecule has 0 unspecified atom stereocenters. The zero-order valence-electron chi connectivity index (χ0n) is 15.7. The van der Waals surface area contributed by atoms with Crippen LogP contribution in [-0.2, 0) is 0 Å². The highest BCUT2D eigenvalue weighted by molar-refractivity contribution is 5.93. The Morgan fingerprint density at radius 2 is 1.93 bits per heavy atom. The Hall–Kier alpha value is -3.19. The van der Waals surface area contributed by atoms with Crippen LogP contribution in [0, 0.1) is 5.92 Å². The highest BCUT2D eigenvalue weighted by Gasteiger charge is 2.42. The van der Waals surface area contributed by atoms with E-state index in [-0.39, 0.29) is 47.1 Å². The van der Waals surface area contributed by atoms with E-state index >= 15 is 0 Å². The fourth-order valence-electron chi connectivity index (χ4n) is 4.81. The van der Waals surface area contributed by atoms with Crippen molar-refractivity contribution in [2.24, 2.45) is 5.92 Å². The molecule has 1 N–H and O–H groups in total. The summed E-state index contributed by atoms with van der Waals surface area (Å²) in [6.07, 6.45) is 0.806. The van der Waals surface area contributed by atoms with Gasteiger partial charge in [0.1, 0.15) is 5.58 Å². The summed E-state index contributed by atoms with van der Waals surface area (Å²) in [5.74, 6) is -0.366. The molecule has 4 heterocycles. The van der Waals surface area contributed by atoms with Gasteiger partial charge < -0.3 is 19.0 Å². The molecule has 0 spiro atoms. The molecule has 1 aromatic carbocycles. The first kappa shape index (κ1) is 17.9. The minimum atomic E-state index is -0.367. The second-order valence-electron chi connectivity index (χ2n) is 7.78.